The first kappa shape index (κ1) is 16.3. The number of alkyl carbamates (subject to hydrolysis) is 1. The summed E-state index contributed by atoms with van der Waals surface area (Å²) in [6, 6.07) is 9.69. The van der Waals surface area contributed by atoms with Crippen LogP contribution in [0.3, 0.4) is 0 Å². The molecule has 0 radical (unpaired) electrons. The summed E-state index contributed by atoms with van der Waals surface area (Å²) in [4.78, 5) is 12.0. The minimum atomic E-state index is -0.404. The van der Waals surface area contributed by atoms with E-state index in [0.29, 0.717) is 5.92 Å². The Morgan fingerprint density at radius 3 is 2.59 bits per heavy atom. The van der Waals surface area contributed by atoms with E-state index in [4.69, 9.17) is 4.74 Å². The molecule has 3 nitrogen and oxygen atoms in total. The van der Waals surface area contributed by atoms with Gasteiger partial charge >= 0.3 is 6.09 Å². The lowest BCUT2D eigenvalue weighted by Crippen LogP contribution is -2.45. The second kappa shape index (κ2) is 6.82. The Kier molecular flexibility index (Phi) is 5.07. The maximum atomic E-state index is 12.0. The SMILES string of the molecule is CC1=CC=C(C(C)(C)NC(=O)OCc2ccccc2)C[C@H]1C. The van der Waals surface area contributed by atoms with Crippen LogP contribution in [0.2, 0.25) is 0 Å². The molecule has 3 heteroatoms. The van der Waals surface area contributed by atoms with Crippen LogP contribution >= 0.6 is 0 Å². The molecule has 1 aromatic rings. The van der Waals surface area contributed by atoms with Gasteiger partial charge in [-0.05, 0) is 44.2 Å². The Morgan fingerprint density at radius 1 is 1.27 bits per heavy atom. The van der Waals surface area contributed by atoms with Crippen LogP contribution in [0.1, 0.15) is 39.7 Å². The van der Waals surface area contributed by atoms with Crippen LogP contribution in [0.25, 0.3) is 0 Å². The van der Waals surface area contributed by atoms with Crippen molar-refractivity contribution in [2.75, 3.05) is 0 Å². The molecule has 118 valence electrons. The van der Waals surface area contributed by atoms with Crippen molar-refractivity contribution in [1.29, 1.82) is 0 Å². The maximum absolute atomic E-state index is 12.0. The van der Waals surface area contributed by atoms with E-state index in [0.717, 1.165) is 12.0 Å². The van der Waals surface area contributed by atoms with Crippen LogP contribution in [-0.4, -0.2) is 11.6 Å². The van der Waals surface area contributed by atoms with Gasteiger partial charge in [0, 0.05) is 0 Å². The number of ether oxygens (including phenoxy) is 1. The Labute approximate surface area is 133 Å². The zero-order valence-electron chi connectivity index (χ0n) is 13.8. The van der Waals surface area contributed by atoms with E-state index >= 15 is 0 Å². The molecule has 0 heterocycles. The van der Waals surface area contributed by atoms with Crippen molar-refractivity contribution in [3.05, 3.63) is 59.2 Å². The van der Waals surface area contributed by atoms with Crippen molar-refractivity contribution in [3.8, 4) is 0 Å². The van der Waals surface area contributed by atoms with Gasteiger partial charge in [0.05, 0.1) is 5.54 Å². The Hall–Kier alpha value is -2.03. The van der Waals surface area contributed by atoms with E-state index in [2.05, 4.69) is 31.3 Å². The average Bonchev–Trinajstić information content (AvgIpc) is 2.48. The summed E-state index contributed by atoms with van der Waals surface area (Å²) < 4.78 is 5.31. The van der Waals surface area contributed by atoms with E-state index in [1.165, 1.54) is 11.1 Å². The minimum Gasteiger partial charge on any atom is -0.445 e. The summed E-state index contributed by atoms with van der Waals surface area (Å²) in [5.41, 5.74) is 3.19. The number of rotatable bonds is 4. The third-order valence-corrected chi connectivity index (χ3v) is 4.28. The summed E-state index contributed by atoms with van der Waals surface area (Å²) in [5.74, 6) is 0.515. The predicted molar refractivity (Wildman–Crippen MR) is 89.5 cm³/mol. The van der Waals surface area contributed by atoms with Crippen LogP contribution in [0.5, 0.6) is 0 Å². The fourth-order valence-corrected chi connectivity index (χ4v) is 2.51. The fraction of sp³-hybridized carbons (Fsp3) is 0.421. The highest BCUT2D eigenvalue weighted by molar-refractivity contribution is 5.69. The van der Waals surface area contributed by atoms with Crippen molar-refractivity contribution in [2.24, 2.45) is 5.92 Å². The van der Waals surface area contributed by atoms with Gasteiger partial charge in [-0.2, -0.15) is 0 Å². The summed E-state index contributed by atoms with van der Waals surface area (Å²) >= 11 is 0. The van der Waals surface area contributed by atoms with Crippen LogP contribution in [0.15, 0.2) is 53.6 Å². The second-order valence-electron chi connectivity index (χ2n) is 6.52. The first-order valence-electron chi connectivity index (χ1n) is 7.75. The van der Waals surface area contributed by atoms with Crippen LogP contribution in [0.4, 0.5) is 4.79 Å². The van der Waals surface area contributed by atoms with Crippen molar-refractivity contribution >= 4 is 6.09 Å². The molecule has 0 spiro atoms. The summed E-state index contributed by atoms with van der Waals surface area (Å²) in [5, 5.41) is 2.97. The number of benzene rings is 1. The molecule has 0 aromatic heterocycles. The van der Waals surface area contributed by atoms with Gasteiger partial charge in [0.1, 0.15) is 6.61 Å². The average molecular weight is 299 g/mol. The zero-order valence-corrected chi connectivity index (χ0v) is 13.8. The lowest BCUT2D eigenvalue weighted by atomic mass is 9.81. The van der Waals surface area contributed by atoms with Gasteiger partial charge in [-0.3, -0.25) is 0 Å². The number of nitrogens with one attached hydrogen (secondary N) is 1. The van der Waals surface area contributed by atoms with Crippen LogP contribution in [-0.2, 0) is 11.3 Å². The molecular formula is C19H25NO2. The molecule has 1 N–H and O–H groups in total. The smallest absolute Gasteiger partial charge is 0.408 e. The molecule has 1 aromatic carbocycles. The summed E-state index contributed by atoms with van der Waals surface area (Å²) in [7, 11) is 0. The quantitative estimate of drug-likeness (QED) is 0.882. The Bertz CT molecular complexity index is 585. The molecule has 0 saturated carbocycles. The highest BCUT2D eigenvalue weighted by Gasteiger charge is 2.28. The monoisotopic (exact) mass is 299 g/mol. The lowest BCUT2D eigenvalue weighted by molar-refractivity contribution is 0.132. The molecule has 0 aliphatic heterocycles. The third-order valence-electron chi connectivity index (χ3n) is 4.28. The molecule has 22 heavy (non-hydrogen) atoms. The number of amides is 1. The van der Waals surface area contributed by atoms with Crippen molar-refractivity contribution in [1.82, 2.24) is 5.32 Å². The zero-order chi connectivity index (χ0) is 16.2. The standard InChI is InChI=1S/C19H25NO2/c1-14-10-11-17(12-15(14)2)19(3,4)20-18(21)22-13-16-8-6-5-7-9-16/h5-11,15H,12-13H2,1-4H3,(H,20,21)/t15-/m1/s1. The molecule has 0 saturated heterocycles. The number of carbonyl (C=O) groups excluding carboxylic acids is 1. The van der Waals surface area contributed by atoms with Gasteiger partial charge in [0.15, 0.2) is 0 Å². The topological polar surface area (TPSA) is 38.3 Å². The predicted octanol–water partition coefficient (Wildman–Crippen LogP) is 4.60. The van der Waals surface area contributed by atoms with Crippen molar-refractivity contribution < 1.29 is 9.53 Å². The molecule has 1 aliphatic carbocycles. The van der Waals surface area contributed by atoms with Crippen LogP contribution < -0.4 is 5.32 Å². The van der Waals surface area contributed by atoms with Crippen molar-refractivity contribution in [3.63, 3.8) is 0 Å². The van der Waals surface area contributed by atoms with E-state index in [1.807, 2.05) is 44.2 Å². The van der Waals surface area contributed by atoms with Crippen molar-refractivity contribution in [2.45, 2.75) is 46.3 Å². The maximum Gasteiger partial charge on any atom is 0.408 e. The largest absolute Gasteiger partial charge is 0.445 e. The van der Waals surface area contributed by atoms with E-state index in [1.54, 1.807) is 0 Å². The Morgan fingerprint density at radius 2 is 1.95 bits per heavy atom. The second-order valence-corrected chi connectivity index (χ2v) is 6.52. The van der Waals surface area contributed by atoms with E-state index in [9.17, 15) is 4.79 Å². The highest BCUT2D eigenvalue weighted by atomic mass is 16.5. The summed E-state index contributed by atoms with van der Waals surface area (Å²) in [6.45, 7) is 8.68. The number of carbonyl (C=O) groups is 1. The van der Waals surface area contributed by atoms with Gasteiger partial charge < -0.3 is 10.1 Å². The molecule has 1 atom stereocenters. The Balaban J connectivity index is 1.92. The van der Waals surface area contributed by atoms with Crippen LogP contribution in [0, 0.1) is 5.92 Å². The molecule has 1 amide bonds. The highest BCUT2D eigenvalue weighted by Crippen LogP contribution is 2.30. The van der Waals surface area contributed by atoms with E-state index < -0.39 is 5.54 Å². The molecule has 1 aliphatic rings. The normalized spacial score (nSPS) is 18.3. The molecular weight excluding hydrogens is 274 g/mol. The first-order valence-corrected chi connectivity index (χ1v) is 7.75. The van der Waals surface area contributed by atoms with E-state index in [-0.39, 0.29) is 12.7 Å². The molecule has 0 unspecified atom stereocenters. The fourth-order valence-electron chi connectivity index (χ4n) is 2.51. The minimum absolute atomic E-state index is 0.289. The van der Waals surface area contributed by atoms with Gasteiger partial charge in [-0.15, -0.1) is 0 Å². The molecule has 2 rings (SSSR count). The van der Waals surface area contributed by atoms with Gasteiger partial charge in [-0.1, -0.05) is 55.0 Å². The lowest BCUT2D eigenvalue weighted by Gasteiger charge is -2.32. The van der Waals surface area contributed by atoms with Gasteiger partial charge in [0.2, 0.25) is 0 Å². The molecule has 0 bridgehead atoms. The molecule has 0 fully saturated rings. The summed E-state index contributed by atoms with van der Waals surface area (Å²) in [6.07, 6.45) is 4.84. The number of allylic oxidation sites excluding steroid dienone is 3. The first-order chi connectivity index (χ1) is 10.4. The third kappa shape index (κ3) is 4.23. The van der Waals surface area contributed by atoms with Gasteiger partial charge in [-0.25, -0.2) is 4.79 Å². The van der Waals surface area contributed by atoms with Gasteiger partial charge in [0.25, 0.3) is 0 Å². The number of hydrogen-bond donors (Lipinski definition) is 1. The number of hydrogen-bond acceptors (Lipinski definition) is 2.